The molecule has 0 spiro atoms. The van der Waals surface area contributed by atoms with E-state index in [0.717, 1.165) is 21.7 Å². The summed E-state index contributed by atoms with van der Waals surface area (Å²) in [7, 11) is -0.899. The Morgan fingerprint density at radius 3 is 2.41 bits per heavy atom. The molecule has 2 amide bonds. The van der Waals surface area contributed by atoms with Crippen LogP contribution in [0.2, 0.25) is 5.02 Å². The minimum absolute atomic E-state index is 0.149. The first-order chi connectivity index (χ1) is 15.0. The first-order valence-electron chi connectivity index (χ1n) is 9.85. The van der Waals surface area contributed by atoms with Crippen LogP contribution in [0, 0.1) is 6.92 Å². The van der Waals surface area contributed by atoms with Crippen molar-refractivity contribution in [3.05, 3.63) is 58.6 Å². The Kier molecular flexibility index (Phi) is 8.51. The van der Waals surface area contributed by atoms with Crippen LogP contribution in [0.1, 0.15) is 18.1 Å². The second-order valence-corrected chi connectivity index (χ2v) is 9.70. The number of rotatable bonds is 9. The molecule has 2 rings (SSSR count). The van der Waals surface area contributed by atoms with Crippen LogP contribution in [0.25, 0.3) is 0 Å². The molecule has 0 saturated heterocycles. The highest BCUT2D eigenvalue weighted by molar-refractivity contribution is 7.92. The van der Waals surface area contributed by atoms with Crippen molar-refractivity contribution in [1.29, 1.82) is 0 Å². The Morgan fingerprint density at radius 2 is 1.88 bits per heavy atom. The van der Waals surface area contributed by atoms with E-state index in [0.29, 0.717) is 5.75 Å². The number of aryl methyl sites for hydroxylation is 1. The second kappa shape index (κ2) is 10.7. The number of nitrogens with zero attached hydrogens (tertiary/aromatic N) is 2. The van der Waals surface area contributed by atoms with Gasteiger partial charge in [-0.2, -0.15) is 0 Å². The van der Waals surface area contributed by atoms with Gasteiger partial charge in [-0.3, -0.25) is 13.9 Å². The number of halogens is 1. The fraction of sp³-hybridized carbons (Fsp3) is 0.364. The first kappa shape index (κ1) is 25.5. The van der Waals surface area contributed by atoms with Crippen LogP contribution >= 0.6 is 11.6 Å². The van der Waals surface area contributed by atoms with Gasteiger partial charge in [0.25, 0.3) is 0 Å². The standard InChI is InChI=1S/C22H28ClN3O5S/c1-15-7-6-8-17(11-15)13-25(16(2)22(28)24-3)21(27)14-26(32(5,29)30)18-9-10-20(31-4)19(23)12-18/h6-12,16H,13-14H2,1-5H3,(H,24,28)/t16-/m1/s1. The Bertz CT molecular complexity index is 1090. The quantitative estimate of drug-likeness (QED) is 0.594. The van der Waals surface area contributed by atoms with Crippen LogP contribution in [0.3, 0.4) is 0 Å². The Hall–Kier alpha value is -2.78. The summed E-state index contributed by atoms with van der Waals surface area (Å²) in [5.41, 5.74) is 2.05. The van der Waals surface area contributed by atoms with E-state index in [9.17, 15) is 18.0 Å². The highest BCUT2D eigenvalue weighted by atomic mass is 35.5. The fourth-order valence-corrected chi connectivity index (χ4v) is 4.32. The summed E-state index contributed by atoms with van der Waals surface area (Å²) in [6.45, 7) is 3.18. The molecule has 0 fully saturated rings. The highest BCUT2D eigenvalue weighted by Gasteiger charge is 2.30. The van der Waals surface area contributed by atoms with Crippen molar-refractivity contribution in [1.82, 2.24) is 10.2 Å². The van der Waals surface area contributed by atoms with Crippen molar-refractivity contribution in [2.24, 2.45) is 0 Å². The molecular weight excluding hydrogens is 454 g/mol. The lowest BCUT2D eigenvalue weighted by molar-refractivity contribution is -0.139. The third kappa shape index (κ3) is 6.37. The van der Waals surface area contributed by atoms with Crippen molar-refractivity contribution in [2.45, 2.75) is 26.4 Å². The maximum atomic E-state index is 13.3. The third-order valence-corrected chi connectivity index (χ3v) is 6.39. The number of ether oxygens (including phenoxy) is 1. The maximum Gasteiger partial charge on any atom is 0.244 e. The number of carbonyl (C=O) groups is 2. The molecule has 10 heteroatoms. The number of nitrogens with one attached hydrogen (secondary N) is 1. The fourth-order valence-electron chi connectivity index (χ4n) is 3.22. The van der Waals surface area contributed by atoms with Crippen LogP contribution in [0.4, 0.5) is 5.69 Å². The second-order valence-electron chi connectivity index (χ2n) is 7.39. The molecule has 2 aromatic carbocycles. The lowest BCUT2D eigenvalue weighted by atomic mass is 10.1. The van der Waals surface area contributed by atoms with E-state index in [2.05, 4.69) is 5.32 Å². The zero-order valence-corrected chi connectivity index (χ0v) is 20.3. The smallest absolute Gasteiger partial charge is 0.244 e. The zero-order chi connectivity index (χ0) is 24.1. The van der Waals surface area contributed by atoms with E-state index in [4.69, 9.17) is 16.3 Å². The highest BCUT2D eigenvalue weighted by Crippen LogP contribution is 2.30. The molecule has 1 N–H and O–H groups in total. The Labute approximate surface area is 194 Å². The van der Waals surface area contributed by atoms with E-state index < -0.39 is 28.5 Å². The van der Waals surface area contributed by atoms with Crippen molar-refractivity contribution in [2.75, 3.05) is 31.3 Å². The average molecular weight is 482 g/mol. The van der Waals surface area contributed by atoms with Gasteiger partial charge >= 0.3 is 0 Å². The molecule has 0 unspecified atom stereocenters. The van der Waals surface area contributed by atoms with Crippen LogP contribution in [-0.2, 0) is 26.2 Å². The molecule has 174 valence electrons. The summed E-state index contributed by atoms with van der Waals surface area (Å²) in [4.78, 5) is 27.0. The van der Waals surface area contributed by atoms with Crippen LogP contribution in [-0.4, -0.2) is 58.1 Å². The van der Waals surface area contributed by atoms with E-state index in [-0.39, 0.29) is 23.2 Å². The Morgan fingerprint density at radius 1 is 1.19 bits per heavy atom. The predicted molar refractivity (Wildman–Crippen MR) is 125 cm³/mol. The van der Waals surface area contributed by atoms with Gasteiger partial charge in [0.05, 0.1) is 24.1 Å². The van der Waals surface area contributed by atoms with Gasteiger partial charge in [-0.05, 0) is 37.6 Å². The van der Waals surface area contributed by atoms with Gasteiger partial charge in [-0.15, -0.1) is 0 Å². The summed E-state index contributed by atoms with van der Waals surface area (Å²) < 4.78 is 31.1. The summed E-state index contributed by atoms with van der Waals surface area (Å²) in [6.07, 6.45) is 1.01. The molecule has 0 aliphatic heterocycles. The minimum atomic E-state index is -3.83. The van der Waals surface area contributed by atoms with E-state index in [1.807, 2.05) is 31.2 Å². The number of benzene rings is 2. The number of sulfonamides is 1. The van der Waals surface area contributed by atoms with Crippen LogP contribution in [0.15, 0.2) is 42.5 Å². The number of anilines is 1. The molecule has 0 radical (unpaired) electrons. The van der Waals surface area contributed by atoms with Gasteiger partial charge in [0.2, 0.25) is 21.8 Å². The van der Waals surface area contributed by atoms with Gasteiger partial charge in [-0.1, -0.05) is 41.4 Å². The normalized spacial score (nSPS) is 12.1. The number of likely N-dealkylation sites (N-methyl/N-ethyl adjacent to an activating group) is 1. The number of hydrogen-bond acceptors (Lipinski definition) is 5. The summed E-state index contributed by atoms with van der Waals surface area (Å²) >= 11 is 6.16. The van der Waals surface area contributed by atoms with Crippen molar-refractivity contribution in [3.8, 4) is 5.75 Å². The SMILES string of the molecule is CNC(=O)[C@@H](C)N(Cc1cccc(C)c1)C(=O)CN(c1ccc(OC)c(Cl)c1)S(C)(=O)=O. The maximum absolute atomic E-state index is 13.3. The summed E-state index contributed by atoms with van der Waals surface area (Å²) in [5.74, 6) is -0.506. The van der Waals surface area contributed by atoms with E-state index in [1.54, 1.807) is 6.92 Å². The summed E-state index contributed by atoms with van der Waals surface area (Å²) in [6, 6.07) is 11.2. The third-order valence-electron chi connectivity index (χ3n) is 4.95. The van der Waals surface area contributed by atoms with Gasteiger partial charge in [0.15, 0.2) is 0 Å². The van der Waals surface area contributed by atoms with Crippen molar-refractivity contribution >= 4 is 39.1 Å². The van der Waals surface area contributed by atoms with Crippen LogP contribution in [0.5, 0.6) is 5.75 Å². The van der Waals surface area contributed by atoms with Gasteiger partial charge in [-0.25, -0.2) is 8.42 Å². The van der Waals surface area contributed by atoms with Crippen molar-refractivity contribution < 1.29 is 22.7 Å². The largest absolute Gasteiger partial charge is 0.495 e. The molecule has 0 aromatic heterocycles. The number of methoxy groups -OCH3 is 1. The molecule has 0 heterocycles. The molecule has 2 aromatic rings. The van der Waals surface area contributed by atoms with Crippen molar-refractivity contribution in [3.63, 3.8) is 0 Å². The lowest BCUT2D eigenvalue weighted by Gasteiger charge is -2.31. The number of amides is 2. The average Bonchev–Trinajstić information content (AvgIpc) is 2.73. The van der Waals surface area contributed by atoms with Crippen LogP contribution < -0.4 is 14.4 Å². The topological polar surface area (TPSA) is 96.0 Å². The summed E-state index contributed by atoms with van der Waals surface area (Å²) in [5, 5.41) is 2.75. The molecule has 8 nitrogen and oxygen atoms in total. The predicted octanol–water partition coefficient (Wildman–Crippen LogP) is 2.59. The monoisotopic (exact) mass is 481 g/mol. The molecule has 1 atom stereocenters. The van der Waals surface area contributed by atoms with Gasteiger partial charge in [0, 0.05) is 13.6 Å². The first-order valence-corrected chi connectivity index (χ1v) is 12.1. The molecule has 0 bridgehead atoms. The van der Waals surface area contributed by atoms with E-state index in [1.165, 1.54) is 37.3 Å². The molecular formula is C22H28ClN3O5S. The molecule has 0 aliphatic carbocycles. The minimum Gasteiger partial charge on any atom is -0.495 e. The Balaban J connectivity index is 2.41. The lowest BCUT2D eigenvalue weighted by Crippen LogP contribution is -2.50. The molecule has 0 saturated carbocycles. The van der Waals surface area contributed by atoms with E-state index >= 15 is 0 Å². The molecule has 0 aliphatic rings. The van der Waals surface area contributed by atoms with Gasteiger partial charge < -0.3 is 15.0 Å². The molecule has 32 heavy (non-hydrogen) atoms. The number of carbonyl (C=O) groups excluding carboxylic acids is 2. The van der Waals surface area contributed by atoms with Gasteiger partial charge in [0.1, 0.15) is 18.3 Å². The number of hydrogen-bond donors (Lipinski definition) is 1. The zero-order valence-electron chi connectivity index (χ0n) is 18.8.